The Morgan fingerprint density at radius 3 is 2.63 bits per heavy atom. The van der Waals surface area contributed by atoms with Gasteiger partial charge in [0.05, 0.1) is 4.34 Å². The fourth-order valence-corrected chi connectivity index (χ4v) is 4.96. The van der Waals surface area contributed by atoms with Crippen LogP contribution in [-0.4, -0.2) is 23.5 Å². The van der Waals surface area contributed by atoms with Crippen molar-refractivity contribution in [3.05, 3.63) is 91.9 Å². The second kappa shape index (κ2) is 9.03. The van der Waals surface area contributed by atoms with Gasteiger partial charge < -0.3 is 4.90 Å². The maximum Gasteiger partial charge on any atom is 0.136 e. The highest BCUT2D eigenvalue weighted by Crippen LogP contribution is 2.40. The highest BCUT2D eigenvalue weighted by molar-refractivity contribution is 7.16. The van der Waals surface area contributed by atoms with Gasteiger partial charge >= 0.3 is 0 Å². The van der Waals surface area contributed by atoms with Gasteiger partial charge in [0, 0.05) is 35.6 Å². The number of fused-ring (bicyclic) bond motifs is 1. The van der Waals surface area contributed by atoms with Gasteiger partial charge in [-0.1, -0.05) is 66.2 Å². The fourth-order valence-electron chi connectivity index (χ4n) is 3.34. The van der Waals surface area contributed by atoms with Crippen LogP contribution in [0.2, 0.25) is 9.49 Å². The molecular weight excluding hydrogens is 395 g/mol. The minimum Gasteiger partial charge on any atom is -0.300 e. The van der Waals surface area contributed by atoms with Crippen LogP contribution in [0, 0.1) is 6.92 Å². The molecule has 0 aliphatic carbocycles. The first kappa shape index (κ1) is 20.1. The Balaban J connectivity index is 0.000000197. The Morgan fingerprint density at radius 1 is 1.19 bits per heavy atom. The standard InChI is InChI=1S/C15H16ClNS.C7H6ClN/c1-10-5-3-4-6-11(10)13-8-17(2)9-14-12(13)7-15(16)18-14;1-2-6-4-3-5-9-7(6)8/h3-7,13H,8-9H2,1-2H3;2-5H,1H2. The van der Waals surface area contributed by atoms with Crippen molar-refractivity contribution in [1.82, 2.24) is 9.88 Å². The number of aromatic nitrogens is 1. The van der Waals surface area contributed by atoms with Gasteiger partial charge in [-0.3, -0.25) is 0 Å². The highest BCUT2D eigenvalue weighted by atomic mass is 35.5. The molecule has 140 valence electrons. The summed E-state index contributed by atoms with van der Waals surface area (Å²) in [7, 11) is 2.18. The summed E-state index contributed by atoms with van der Waals surface area (Å²) >= 11 is 13.6. The van der Waals surface area contributed by atoms with E-state index in [1.54, 1.807) is 23.6 Å². The molecule has 1 aliphatic rings. The third-order valence-corrected chi connectivity index (χ3v) is 6.25. The molecule has 0 saturated carbocycles. The van der Waals surface area contributed by atoms with Gasteiger partial charge in [-0.2, -0.15) is 0 Å². The van der Waals surface area contributed by atoms with Crippen molar-refractivity contribution < 1.29 is 0 Å². The number of nitrogens with zero attached hydrogens (tertiary/aromatic N) is 2. The zero-order valence-electron chi connectivity index (χ0n) is 15.5. The van der Waals surface area contributed by atoms with Gasteiger partial charge in [-0.05, 0) is 42.8 Å². The average molecular weight is 417 g/mol. The largest absolute Gasteiger partial charge is 0.300 e. The molecule has 2 aromatic heterocycles. The molecule has 0 radical (unpaired) electrons. The molecule has 1 unspecified atom stereocenters. The van der Waals surface area contributed by atoms with Crippen molar-refractivity contribution in [3.8, 4) is 0 Å². The molecular formula is C22H22Cl2N2S. The van der Waals surface area contributed by atoms with Gasteiger partial charge in [0.1, 0.15) is 5.15 Å². The molecule has 3 aromatic rings. The quantitative estimate of drug-likeness (QED) is 0.433. The van der Waals surface area contributed by atoms with E-state index in [2.05, 4.69) is 60.8 Å². The first-order chi connectivity index (χ1) is 13.0. The summed E-state index contributed by atoms with van der Waals surface area (Å²) in [5.74, 6) is 0.462. The molecule has 3 heterocycles. The Kier molecular flexibility index (Phi) is 6.72. The smallest absolute Gasteiger partial charge is 0.136 e. The Morgan fingerprint density at radius 2 is 1.96 bits per heavy atom. The van der Waals surface area contributed by atoms with Crippen molar-refractivity contribution >= 4 is 40.6 Å². The molecule has 5 heteroatoms. The summed E-state index contributed by atoms with van der Waals surface area (Å²) in [6.45, 7) is 7.86. The second-order valence-electron chi connectivity index (χ2n) is 6.62. The molecule has 0 fully saturated rings. The van der Waals surface area contributed by atoms with Crippen LogP contribution in [0.25, 0.3) is 6.08 Å². The van der Waals surface area contributed by atoms with Crippen LogP contribution in [0.15, 0.2) is 55.2 Å². The summed E-state index contributed by atoms with van der Waals surface area (Å²) in [6, 6.07) is 14.5. The lowest BCUT2D eigenvalue weighted by atomic mass is 9.86. The van der Waals surface area contributed by atoms with E-state index >= 15 is 0 Å². The molecule has 4 rings (SSSR count). The summed E-state index contributed by atoms with van der Waals surface area (Å²) in [4.78, 5) is 7.64. The van der Waals surface area contributed by atoms with Crippen LogP contribution in [0.1, 0.15) is 33.0 Å². The lowest BCUT2D eigenvalue weighted by Crippen LogP contribution is -2.30. The van der Waals surface area contributed by atoms with Crippen molar-refractivity contribution in [2.75, 3.05) is 13.6 Å². The molecule has 0 bridgehead atoms. The molecule has 1 atom stereocenters. The maximum atomic E-state index is 6.19. The first-order valence-electron chi connectivity index (χ1n) is 8.74. The van der Waals surface area contributed by atoms with E-state index in [0.29, 0.717) is 11.1 Å². The van der Waals surface area contributed by atoms with Crippen LogP contribution < -0.4 is 0 Å². The molecule has 27 heavy (non-hydrogen) atoms. The van der Waals surface area contributed by atoms with Crippen molar-refractivity contribution in [3.63, 3.8) is 0 Å². The predicted molar refractivity (Wildman–Crippen MR) is 118 cm³/mol. The van der Waals surface area contributed by atoms with E-state index in [1.165, 1.54) is 21.6 Å². The Labute approximate surface area is 175 Å². The Bertz CT molecular complexity index is 936. The minimum atomic E-state index is 0.462. The molecule has 1 aliphatic heterocycles. The van der Waals surface area contributed by atoms with Crippen molar-refractivity contribution in [1.29, 1.82) is 0 Å². The monoisotopic (exact) mass is 416 g/mol. The number of rotatable bonds is 2. The number of hydrogen-bond acceptors (Lipinski definition) is 3. The van der Waals surface area contributed by atoms with Crippen LogP contribution in [0.4, 0.5) is 0 Å². The fraction of sp³-hybridized carbons (Fsp3) is 0.227. The summed E-state index contributed by atoms with van der Waals surface area (Å²) < 4.78 is 0.911. The van der Waals surface area contributed by atoms with Crippen LogP contribution in [0.5, 0.6) is 0 Å². The van der Waals surface area contributed by atoms with Gasteiger partial charge in [-0.25, -0.2) is 4.98 Å². The van der Waals surface area contributed by atoms with E-state index in [0.717, 1.165) is 23.0 Å². The van der Waals surface area contributed by atoms with Gasteiger partial charge in [0.2, 0.25) is 0 Å². The van der Waals surface area contributed by atoms with Crippen LogP contribution >= 0.6 is 34.5 Å². The van der Waals surface area contributed by atoms with E-state index in [-0.39, 0.29) is 0 Å². The Hall–Kier alpha value is -1.65. The number of likely N-dealkylation sites (N-methyl/N-ethyl adjacent to an activating group) is 1. The number of hydrogen-bond donors (Lipinski definition) is 0. The predicted octanol–water partition coefficient (Wildman–Crippen LogP) is 6.67. The maximum absolute atomic E-state index is 6.19. The van der Waals surface area contributed by atoms with Gasteiger partial charge in [0.25, 0.3) is 0 Å². The van der Waals surface area contributed by atoms with Crippen LogP contribution in [0.3, 0.4) is 0 Å². The summed E-state index contributed by atoms with van der Waals surface area (Å²) in [6.07, 6.45) is 3.32. The zero-order chi connectivity index (χ0) is 19.4. The normalized spacial score (nSPS) is 16.2. The topological polar surface area (TPSA) is 16.1 Å². The van der Waals surface area contributed by atoms with E-state index in [1.807, 2.05) is 12.1 Å². The molecule has 0 amide bonds. The van der Waals surface area contributed by atoms with E-state index < -0.39 is 0 Å². The minimum absolute atomic E-state index is 0.462. The number of aryl methyl sites for hydroxylation is 1. The molecule has 2 nitrogen and oxygen atoms in total. The van der Waals surface area contributed by atoms with Gasteiger partial charge in [0.15, 0.2) is 0 Å². The van der Waals surface area contributed by atoms with E-state index in [4.69, 9.17) is 23.2 Å². The first-order valence-corrected chi connectivity index (χ1v) is 10.3. The van der Waals surface area contributed by atoms with Crippen LogP contribution in [-0.2, 0) is 6.54 Å². The number of benzene rings is 1. The van der Waals surface area contributed by atoms with Gasteiger partial charge in [-0.15, -0.1) is 11.3 Å². The molecule has 1 aromatic carbocycles. The summed E-state index contributed by atoms with van der Waals surface area (Å²) in [5, 5.41) is 0.507. The number of pyridine rings is 1. The third kappa shape index (κ3) is 4.80. The third-order valence-electron chi connectivity index (χ3n) is 4.67. The molecule has 0 spiro atoms. The molecule has 0 saturated heterocycles. The molecule has 0 N–H and O–H groups in total. The average Bonchev–Trinajstić information content (AvgIpc) is 3.02. The SMILES string of the molecule is C=Cc1cccnc1Cl.Cc1ccccc1C1CN(C)Cc2sc(Cl)cc21. The second-order valence-corrected chi connectivity index (χ2v) is 8.75. The summed E-state index contributed by atoms with van der Waals surface area (Å²) in [5.41, 5.74) is 5.10. The zero-order valence-corrected chi connectivity index (χ0v) is 17.8. The highest BCUT2D eigenvalue weighted by Gasteiger charge is 2.27. The van der Waals surface area contributed by atoms with E-state index in [9.17, 15) is 0 Å². The number of thiophene rings is 1. The number of halogens is 2. The lowest BCUT2D eigenvalue weighted by molar-refractivity contribution is 0.299. The lowest BCUT2D eigenvalue weighted by Gasteiger charge is -2.31. The van der Waals surface area contributed by atoms with Crippen molar-refractivity contribution in [2.24, 2.45) is 0 Å². The van der Waals surface area contributed by atoms with Crippen molar-refractivity contribution in [2.45, 2.75) is 19.4 Å².